The Morgan fingerprint density at radius 1 is 1.04 bits per heavy atom. The molecule has 0 saturated heterocycles. The lowest BCUT2D eigenvalue weighted by Gasteiger charge is -2.09. The Labute approximate surface area is 159 Å². The van der Waals surface area contributed by atoms with Crippen LogP contribution in [0.5, 0.6) is 5.75 Å². The molecule has 4 aromatic rings. The Morgan fingerprint density at radius 3 is 2.59 bits per heavy atom. The van der Waals surface area contributed by atoms with Crippen molar-refractivity contribution >= 4 is 34.1 Å². The zero-order chi connectivity index (χ0) is 18.8. The topological polar surface area (TPSA) is 72.8 Å². The number of rotatable bonds is 4. The molecule has 0 aliphatic carbocycles. The van der Waals surface area contributed by atoms with Gasteiger partial charge in [-0.05, 0) is 42.5 Å². The Hall–Kier alpha value is -3.32. The van der Waals surface area contributed by atoms with Crippen LogP contribution in [0.1, 0.15) is 0 Å². The highest BCUT2D eigenvalue weighted by Gasteiger charge is 2.10. The van der Waals surface area contributed by atoms with E-state index in [1.807, 2.05) is 24.3 Å². The van der Waals surface area contributed by atoms with Gasteiger partial charge in [-0.2, -0.15) is 0 Å². The Kier molecular flexibility index (Phi) is 4.52. The maximum absolute atomic E-state index is 13.4. The zero-order valence-electron chi connectivity index (χ0n) is 14.1. The van der Waals surface area contributed by atoms with Gasteiger partial charge in [0.1, 0.15) is 28.9 Å². The molecule has 2 aromatic carbocycles. The van der Waals surface area contributed by atoms with E-state index in [4.69, 9.17) is 16.3 Å². The predicted molar refractivity (Wildman–Crippen MR) is 102 cm³/mol. The van der Waals surface area contributed by atoms with E-state index in [9.17, 15) is 4.39 Å². The van der Waals surface area contributed by atoms with Crippen molar-refractivity contribution in [3.05, 3.63) is 65.8 Å². The van der Waals surface area contributed by atoms with E-state index in [1.165, 1.54) is 18.5 Å². The van der Waals surface area contributed by atoms with E-state index in [2.05, 4.69) is 25.3 Å². The molecule has 2 aromatic heterocycles. The highest BCUT2D eigenvalue weighted by atomic mass is 35.5. The fraction of sp³-hybridized carbons (Fsp3) is 0.0526. The summed E-state index contributed by atoms with van der Waals surface area (Å²) in [6, 6.07) is 11.8. The van der Waals surface area contributed by atoms with E-state index in [1.54, 1.807) is 19.4 Å². The molecular weight excluding hydrogens is 369 g/mol. The predicted octanol–water partition coefficient (Wildman–Crippen LogP) is 4.63. The van der Waals surface area contributed by atoms with Gasteiger partial charge in [-0.15, -0.1) is 0 Å². The fourth-order valence-electron chi connectivity index (χ4n) is 2.54. The molecule has 0 amide bonds. The van der Waals surface area contributed by atoms with Crippen LogP contribution in [0.4, 0.5) is 15.9 Å². The van der Waals surface area contributed by atoms with Gasteiger partial charge in [0, 0.05) is 11.3 Å². The SMILES string of the molecule is COc1ccc(-c2ncc3ncnc(Nc4ccc(F)c(Cl)c4)c3n2)cc1. The van der Waals surface area contributed by atoms with E-state index >= 15 is 0 Å². The summed E-state index contributed by atoms with van der Waals surface area (Å²) in [6.45, 7) is 0. The maximum atomic E-state index is 13.4. The molecule has 0 saturated carbocycles. The monoisotopic (exact) mass is 381 g/mol. The van der Waals surface area contributed by atoms with Crippen LogP contribution in [-0.4, -0.2) is 27.0 Å². The van der Waals surface area contributed by atoms with Crippen LogP contribution in [0.25, 0.3) is 22.4 Å². The number of benzene rings is 2. The van der Waals surface area contributed by atoms with Crippen molar-refractivity contribution in [3.8, 4) is 17.1 Å². The summed E-state index contributed by atoms with van der Waals surface area (Å²) >= 11 is 5.84. The molecule has 8 heteroatoms. The van der Waals surface area contributed by atoms with Gasteiger partial charge in [-0.1, -0.05) is 11.6 Å². The molecule has 4 rings (SSSR count). The Balaban J connectivity index is 1.75. The van der Waals surface area contributed by atoms with Gasteiger partial charge >= 0.3 is 0 Å². The van der Waals surface area contributed by atoms with Crippen LogP contribution in [0.3, 0.4) is 0 Å². The maximum Gasteiger partial charge on any atom is 0.160 e. The fourth-order valence-corrected chi connectivity index (χ4v) is 2.72. The normalized spacial score (nSPS) is 10.8. The molecule has 0 bridgehead atoms. The molecule has 0 radical (unpaired) electrons. The van der Waals surface area contributed by atoms with Crippen molar-refractivity contribution in [2.75, 3.05) is 12.4 Å². The highest BCUT2D eigenvalue weighted by molar-refractivity contribution is 6.31. The minimum Gasteiger partial charge on any atom is -0.497 e. The number of hydrogen-bond acceptors (Lipinski definition) is 6. The Bertz CT molecular complexity index is 1120. The molecule has 0 aliphatic heterocycles. The van der Waals surface area contributed by atoms with Gasteiger partial charge in [-0.3, -0.25) is 0 Å². The van der Waals surface area contributed by atoms with E-state index < -0.39 is 5.82 Å². The van der Waals surface area contributed by atoms with Crippen molar-refractivity contribution in [2.45, 2.75) is 0 Å². The third-order valence-corrected chi connectivity index (χ3v) is 4.20. The number of nitrogens with one attached hydrogen (secondary N) is 1. The van der Waals surface area contributed by atoms with Gasteiger partial charge < -0.3 is 10.1 Å². The number of anilines is 2. The number of fused-ring (bicyclic) bond motifs is 1. The summed E-state index contributed by atoms with van der Waals surface area (Å²) < 4.78 is 18.5. The van der Waals surface area contributed by atoms with Gasteiger partial charge in [-0.25, -0.2) is 24.3 Å². The molecule has 0 spiro atoms. The smallest absolute Gasteiger partial charge is 0.160 e. The first-order valence-corrected chi connectivity index (χ1v) is 8.36. The number of ether oxygens (including phenoxy) is 1. The lowest BCUT2D eigenvalue weighted by Crippen LogP contribution is -2.00. The lowest BCUT2D eigenvalue weighted by molar-refractivity contribution is 0.415. The first-order chi connectivity index (χ1) is 13.1. The molecule has 2 heterocycles. The van der Waals surface area contributed by atoms with Gasteiger partial charge in [0.2, 0.25) is 0 Å². The summed E-state index contributed by atoms with van der Waals surface area (Å²) in [5.74, 6) is 1.26. The summed E-state index contributed by atoms with van der Waals surface area (Å²) in [4.78, 5) is 17.4. The van der Waals surface area contributed by atoms with Crippen molar-refractivity contribution in [1.82, 2.24) is 19.9 Å². The van der Waals surface area contributed by atoms with Gasteiger partial charge in [0.25, 0.3) is 0 Å². The average molecular weight is 382 g/mol. The second kappa shape index (κ2) is 7.13. The quantitative estimate of drug-likeness (QED) is 0.555. The van der Waals surface area contributed by atoms with Crippen molar-refractivity contribution < 1.29 is 9.13 Å². The molecule has 0 aliphatic rings. The molecule has 0 unspecified atom stereocenters. The van der Waals surface area contributed by atoms with Crippen molar-refractivity contribution in [2.24, 2.45) is 0 Å². The third-order valence-electron chi connectivity index (χ3n) is 3.91. The highest BCUT2D eigenvalue weighted by Crippen LogP contribution is 2.26. The van der Waals surface area contributed by atoms with Crippen LogP contribution in [0.15, 0.2) is 55.0 Å². The zero-order valence-corrected chi connectivity index (χ0v) is 14.9. The molecule has 6 nitrogen and oxygen atoms in total. The minimum atomic E-state index is -0.487. The van der Waals surface area contributed by atoms with Crippen LogP contribution in [0.2, 0.25) is 5.02 Å². The molecule has 134 valence electrons. The third kappa shape index (κ3) is 3.50. The van der Waals surface area contributed by atoms with E-state index in [-0.39, 0.29) is 5.02 Å². The molecule has 0 atom stereocenters. The largest absolute Gasteiger partial charge is 0.497 e. The average Bonchev–Trinajstić information content (AvgIpc) is 2.71. The number of halogens is 2. The van der Waals surface area contributed by atoms with Crippen LogP contribution in [0, 0.1) is 5.82 Å². The minimum absolute atomic E-state index is 0.0203. The second-order valence-electron chi connectivity index (χ2n) is 5.63. The molecule has 0 fully saturated rings. The number of nitrogens with zero attached hydrogens (tertiary/aromatic N) is 4. The summed E-state index contributed by atoms with van der Waals surface area (Å²) in [6.07, 6.45) is 3.04. The first kappa shape index (κ1) is 17.1. The van der Waals surface area contributed by atoms with Gasteiger partial charge in [0.15, 0.2) is 11.6 Å². The van der Waals surface area contributed by atoms with Crippen molar-refractivity contribution in [1.29, 1.82) is 0 Å². The summed E-state index contributed by atoms with van der Waals surface area (Å²) in [5, 5.41) is 3.12. The summed E-state index contributed by atoms with van der Waals surface area (Å²) in [7, 11) is 1.61. The molecule has 1 N–H and O–H groups in total. The number of aromatic nitrogens is 4. The number of methoxy groups -OCH3 is 1. The molecular formula is C19H13ClFN5O. The summed E-state index contributed by atoms with van der Waals surface area (Å²) in [5.41, 5.74) is 2.54. The van der Waals surface area contributed by atoms with Gasteiger partial charge in [0.05, 0.1) is 18.3 Å². The molecule has 27 heavy (non-hydrogen) atoms. The number of hydrogen-bond donors (Lipinski definition) is 1. The van der Waals surface area contributed by atoms with Crippen LogP contribution >= 0.6 is 11.6 Å². The Morgan fingerprint density at radius 2 is 1.85 bits per heavy atom. The van der Waals surface area contributed by atoms with E-state index in [0.717, 1.165) is 11.3 Å². The lowest BCUT2D eigenvalue weighted by atomic mass is 10.2. The van der Waals surface area contributed by atoms with E-state index in [0.29, 0.717) is 28.4 Å². The second-order valence-corrected chi connectivity index (χ2v) is 6.04. The van der Waals surface area contributed by atoms with Crippen LogP contribution < -0.4 is 10.1 Å². The standard InChI is InChI=1S/C19H13ClFN5O/c1-27-13-5-2-11(3-6-13)18-22-9-16-17(26-18)19(24-10-23-16)25-12-4-7-15(21)14(20)8-12/h2-10H,1H3,(H,23,24,25). The first-order valence-electron chi connectivity index (χ1n) is 7.98. The van der Waals surface area contributed by atoms with Crippen molar-refractivity contribution in [3.63, 3.8) is 0 Å². The van der Waals surface area contributed by atoms with Crippen LogP contribution in [-0.2, 0) is 0 Å².